The zero-order valence-electron chi connectivity index (χ0n) is 9.22. The summed E-state index contributed by atoms with van der Waals surface area (Å²) in [6, 6.07) is 1.40. The Morgan fingerprint density at radius 2 is 2.29 bits per heavy atom. The number of rotatable bonds is 3. The molecule has 0 radical (unpaired) electrons. The first kappa shape index (κ1) is 12.1. The standard InChI is InChI=1S/C10H14N2O4S/c13-10(14)9-6-7(11-12-9)5-8-3-1-2-4-17(8,15)16/h6,8H,1-5H2,(H,11,12)(H,13,14). The summed E-state index contributed by atoms with van der Waals surface area (Å²) < 4.78 is 23.6. The summed E-state index contributed by atoms with van der Waals surface area (Å²) in [7, 11) is -3.03. The van der Waals surface area contributed by atoms with E-state index in [9.17, 15) is 13.2 Å². The molecule has 1 aromatic heterocycles. The van der Waals surface area contributed by atoms with E-state index in [0.29, 0.717) is 18.5 Å². The summed E-state index contributed by atoms with van der Waals surface area (Å²) in [5, 5.41) is 14.5. The van der Waals surface area contributed by atoms with E-state index < -0.39 is 21.1 Å². The van der Waals surface area contributed by atoms with Crippen LogP contribution in [0, 0.1) is 0 Å². The van der Waals surface area contributed by atoms with Gasteiger partial charge in [-0.1, -0.05) is 6.42 Å². The molecule has 1 atom stereocenters. The fraction of sp³-hybridized carbons (Fsp3) is 0.600. The molecule has 6 nitrogen and oxygen atoms in total. The van der Waals surface area contributed by atoms with Crippen molar-refractivity contribution in [2.75, 3.05) is 5.75 Å². The van der Waals surface area contributed by atoms with Crippen molar-refractivity contribution in [1.29, 1.82) is 0 Å². The molecule has 1 aliphatic rings. The zero-order chi connectivity index (χ0) is 12.5. The Bertz CT molecular complexity index is 520. The van der Waals surface area contributed by atoms with Gasteiger partial charge in [-0.25, -0.2) is 13.2 Å². The number of aromatic carboxylic acids is 1. The molecule has 2 rings (SSSR count). The third-order valence-electron chi connectivity index (χ3n) is 3.01. The van der Waals surface area contributed by atoms with E-state index in [0.717, 1.165) is 12.8 Å². The summed E-state index contributed by atoms with van der Waals surface area (Å²) in [5.41, 5.74) is 0.492. The highest BCUT2D eigenvalue weighted by Gasteiger charge is 2.29. The number of aromatic nitrogens is 2. The van der Waals surface area contributed by atoms with Gasteiger partial charge in [0.2, 0.25) is 0 Å². The van der Waals surface area contributed by atoms with Gasteiger partial charge >= 0.3 is 5.97 Å². The third kappa shape index (κ3) is 2.66. The minimum atomic E-state index is -3.03. The van der Waals surface area contributed by atoms with E-state index in [2.05, 4.69) is 10.2 Å². The summed E-state index contributed by atoms with van der Waals surface area (Å²) in [6.07, 6.45) is 2.60. The Balaban J connectivity index is 2.11. The lowest BCUT2D eigenvalue weighted by Gasteiger charge is -2.21. The van der Waals surface area contributed by atoms with Gasteiger partial charge in [-0.2, -0.15) is 5.10 Å². The van der Waals surface area contributed by atoms with Gasteiger partial charge in [-0.3, -0.25) is 5.10 Å². The Kier molecular flexibility index (Phi) is 3.19. The molecule has 2 N–H and O–H groups in total. The van der Waals surface area contributed by atoms with Crippen LogP contribution in [-0.2, 0) is 16.3 Å². The number of sulfone groups is 1. The highest BCUT2D eigenvalue weighted by molar-refractivity contribution is 7.92. The predicted octanol–water partition coefficient (Wildman–Crippen LogP) is 0.618. The lowest BCUT2D eigenvalue weighted by molar-refractivity contribution is 0.0690. The SMILES string of the molecule is O=C(O)c1cc(CC2CCCCS2(=O)=O)[nH]n1. The van der Waals surface area contributed by atoms with Crippen LogP contribution in [0.1, 0.15) is 35.4 Å². The minimum absolute atomic E-state index is 0.0757. The summed E-state index contributed by atoms with van der Waals surface area (Å²) >= 11 is 0. The molecule has 0 bridgehead atoms. The van der Waals surface area contributed by atoms with Crippen LogP contribution in [0.15, 0.2) is 6.07 Å². The molecular weight excluding hydrogens is 244 g/mol. The average Bonchev–Trinajstić information content (AvgIpc) is 2.70. The number of hydrogen-bond acceptors (Lipinski definition) is 4. The topological polar surface area (TPSA) is 100 Å². The van der Waals surface area contributed by atoms with Crippen molar-refractivity contribution in [3.8, 4) is 0 Å². The van der Waals surface area contributed by atoms with Crippen molar-refractivity contribution >= 4 is 15.8 Å². The van der Waals surface area contributed by atoms with Gasteiger partial charge in [-0.05, 0) is 18.9 Å². The smallest absolute Gasteiger partial charge is 0.356 e. The average molecular weight is 258 g/mol. The molecule has 1 aliphatic heterocycles. The molecule has 94 valence electrons. The molecule has 1 unspecified atom stereocenters. The molecule has 7 heteroatoms. The molecule has 17 heavy (non-hydrogen) atoms. The molecule has 0 saturated carbocycles. The Labute approximate surface area is 99.0 Å². The van der Waals surface area contributed by atoms with E-state index in [-0.39, 0.29) is 11.4 Å². The quantitative estimate of drug-likeness (QED) is 0.827. The van der Waals surface area contributed by atoms with Crippen molar-refractivity contribution in [3.05, 3.63) is 17.5 Å². The fourth-order valence-electron chi connectivity index (χ4n) is 2.07. The summed E-state index contributed by atoms with van der Waals surface area (Å²) in [4.78, 5) is 10.6. The Hall–Kier alpha value is -1.37. The Morgan fingerprint density at radius 3 is 2.88 bits per heavy atom. The molecule has 1 fully saturated rings. The van der Waals surface area contributed by atoms with Crippen molar-refractivity contribution in [2.24, 2.45) is 0 Å². The number of nitrogens with one attached hydrogen (secondary N) is 1. The van der Waals surface area contributed by atoms with E-state index in [1.807, 2.05) is 0 Å². The van der Waals surface area contributed by atoms with E-state index in [4.69, 9.17) is 5.11 Å². The molecule has 2 heterocycles. The van der Waals surface area contributed by atoms with Crippen LogP contribution < -0.4 is 0 Å². The van der Waals surface area contributed by atoms with Crippen LogP contribution in [-0.4, -0.2) is 40.7 Å². The fourth-order valence-corrected chi connectivity index (χ4v) is 3.97. The normalized spacial score (nSPS) is 23.4. The van der Waals surface area contributed by atoms with Crippen LogP contribution in [0.3, 0.4) is 0 Å². The van der Waals surface area contributed by atoms with Crippen molar-refractivity contribution < 1.29 is 18.3 Å². The van der Waals surface area contributed by atoms with Crippen LogP contribution >= 0.6 is 0 Å². The monoisotopic (exact) mass is 258 g/mol. The molecule has 1 aromatic rings. The minimum Gasteiger partial charge on any atom is -0.476 e. The number of carboxylic acid groups (broad SMARTS) is 1. The van der Waals surface area contributed by atoms with E-state index in [1.165, 1.54) is 6.07 Å². The second-order valence-electron chi connectivity index (χ2n) is 4.27. The third-order valence-corrected chi connectivity index (χ3v) is 5.29. The van der Waals surface area contributed by atoms with Crippen molar-refractivity contribution in [1.82, 2.24) is 10.2 Å². The highest BCUT2D eigenvalue weighted by Crippen LogP contribution is 2.22. The van der Waals surface area contributed by atoms with Crippen LogP contribution in [0.4, 0.5) is 0 Å². The van der Waals surface area contributed by atoms with Gasteiger partial charge in [0.25, 0.3) is 0 Å². The molecular formula is C10H14N2O4S. The molecule has 0 spiro atoms. The van der Waals surface area contributed by atoms with Gasteiger partial charge in [0.1, 0.15) is 0 Å². The number of H-pyrrole nitrogens is 1. The predicted molar refractivity (Wildman–Crippen MR) is 60.7 cm³/mol. The Morgan fingerprint density at radius 1 is 1.53 bits per heavy atom. The molecule has 0 aromatic carbocycles. The zero-order valence-corrected chi connectivity index (χ0v) is 10.0. The molecule has 1 saturated heterocycles. The number of nitrogens with zero attached hydrogens (tertiary/aromatic N) is 1. The van der Waals surface area contributed by atoms with Crippen LogP contribution in [0.25, 0.3) is 0 Å². The van der Waals surface area contributed by atoms with Crippen molar-refractivity contribution in [2.45, 2.75) is 30.9 Å². The second kappa shape index (κ2) is 4.48. The number of carboxylic acids is 1. The summed E-state index contributed by atoms with van der Waals surface area (Å²) in [6.45, 7) is 0. The number of carbonyl (C=O) groups is 1. The van der Waals surface area contributed by atoms with Crippen LogP contribution in [0.5, 0.6) is 0 Å². The van der Waals surface area contributed by atoms with Crippen molar-refractivity contribution in [3.63, 3.8) is 0 Å². The maximum atomic E-state index is 11.8. The van der Waals surface area contributed by atoms with E-state index >= 15 is 0 Å². The first-order chi connectivity index (χ1) is 7.99. The second-order valence-corrected chi connectivity index (χ2v) is 6.67. The maximum absolute atomic E-state index is 11.8. The summed E-state index contributed by atoms with van der Waals surface area (Å²) in [5.74, 6) is -0.878. The molecule has 0 amide bonds. The highest BCUT2D eigenvalue weighted by atomic mass is 32.2. The first-order valence-corrected chi connectivity index (χ1v) is 7.20. The largest absolute Gasteiger partial charge is 0.476 e. The van der Waals surface area contributed by atoms with Crippen LogP contribution in [0.2, 0.25) is 0 Å². The van der Waals surface area contributed by atoms with E-state index in [1.54, 1.807) is 0 Å². The van der Waals surface area contributed by atoms with Gasteiger partial charge < -0.3 is 5.11 Å². The van der Waals surface area contributed by atoms with Gasteiger partial charge in [0, 0.05) is 12.1 Å². The maximum Gasteiger partial charge on any atom is 0.356 e. The number of hydrogen-bond donors (Lipinski definition) is 2. The van der Waals surface area contributed by atoms with Gasteiger partial charge in [-0.15, -0.1) is 0 Å². The lowest BCUT2D eigenvalue weighted by atomic mass is 10.1. The molecule has 0 aliphatic carbocycles. The first-order valence-electron chi connectivity index (χ1n) is 5.48. The van der Waals surface area contributed by atoms with Gasteiger partial charge in [0.15, 0.2) is 15.5 Å². The van der Waals surface area contributed by atoms with Gasteiger partial charge in [0.05, 0.1) is 11.0 Å². The number of aromatic amines is 1. The lowest BCUT2D eigenvalue weighted by Crippen LogP contribution is -2.30.